The summed E-state index contributed by atoms with van der Waals surface area (Å²) < 4.78 is 0.984. The summed E-state index contributed by atoms with van der Waals surface area (Å²) in [4.78, 5) is 30.1. The number of fused-ring (bicyclic) bond motifs is 2. The van der Waals surface area contributed by atoms with Crippen LogP contribution in [0.25, 0.3) is 20.8 Å². The number of carbonyl (C=O) groups excluding carboxylic acids is 1. The Labute approximate surface area is 126 Å². The van der Waals surface area contributed by atoms with Crippen molar-refractivity contribution in [1.82, 2.24) is 4.98 Å². The van der Waals surface area contributed by atoms with Crippen LogP contribution in [-0.2, 0) is 0 Å². The fraction of sp³-hybridized carbons (Fsp3) is 0.235. The van der Waals surface area contributed by atoms with Gasteiger partial charge in [-0.2, -0.15) is 0 Å². The fourth-order valence-electron chi connectivity index (χ4n) is 2.46. The van der Waals surface area contributed by atoms with Crippen molar-refractivity contribution in [2.75, 3.05) is 0 Å². The first-order chi connectivity index (χ1) is 10.0. The highest BCUT2D eigenvalue weighted by Gasteiger charge is 2.24. The van der Waals surface area contributed by atoms with Crippen LogP contribution in [0, 0.1) is 13.8 Å². The van der Waals surface area contributed by atoms with Crippen molar-refractivity contribution in [3.8, 4) is 10.6 Å². The number of hydrogen-bond acceptors (Lipinski definition) is 4. The second-order valence-electron chi connectivity index (χ2n) is 5.09. The molecule has 0 amide bonds. The molecule has 0 aromatic heterocycles. The van der Waals surface area contributed by atoms with Gasteiger partial charge in [0.25, 0.3) is 0 Å². The van der Waals surface area contributed by atoms with Crippen molar-refractivity contribution in [3.63, 3.8) is 0 Å². The quantitative estimate of drug-likeness (QED) is 0.531. The van der Waals surface area contributed by atoms with E-state index in [-0.39, 0.29) is 11.2 Å². The molecule has 2 aliphatic rings. The van der Waals surface area contributed by atoms with Crippen LogP contribution in [0.4, 0.5) is 0 Å². The molecule has 0 spiro atoms. The van der Waals surface area contributed by atoms with Crippen LogP contribution in [-0.4, -0.2) is 10.8 Å². The standard InChI is InChI=1S/C17H15NO2S/c1-4-12(19)14-16(20)10(3)9(2)15-17(14)21-13-8-6-5-7-11(13)18-15/h5-8H,4H2,1-3H3. The first-order valence-electron chi connectivity index (χ1n) is 6.90. The predicted octanol–water partition coefficient (Wildman–Crippen LogP) is 3.97. The van der Waals surface area contributed by atoms with Crippen LogP contribution < -0.4 is 5.43 Å². The lowest BCUT2D eigenvalue weighted by Gasteiger charge is -2.14. The maximum absolute atomic E-state index is 12.5. The van der Waals surface area contributed by atoms with Crippen molar-refractivity contribution in [3.05, 3.63) is 51.2 Å². The first kappa shape index (κ1) is 13.9. The Balaban J connectivity index is 2.54. The van der Waals surface area contributed by atoms with Crippen LogP contribution in [0.1, 0.15) is 34.8 Å². The summed E-state index contributed by atoms with van der Waals surface area (Å²) in [5.74, 6) is -0.110. The third kappa shape index (κ3) is 2.07. The van der Waals surface area contributed by atoms with Crippen LogP contribution in [0.15, 0.2) is 29.1 Å². The summed E-state index contributed by atoms with van der Waals surface area (Å²) in [7, 11) is 0. The average molecular weight is 297 g/mol. The normalized spacial score (nSPS) is 11.2. The van der Waals surface area contributed by atoms with E-state index in [9.17, 15) is 9.59 Å². The van der Waals surface area contributed by atoms with Gasteiger partial charge in [0.15, 0.2) is 11.2 Å². The molecular weight excluding hydrogens is 282 g/mol. The number of aromatic nitrogens is 1. The molecule has 0 fully saturated rings. The van der Waals surface area contributed by atoms with Crippen molar-refractivity contribution in [1.29, 1.82) is 0 Å². The number of Topliss-reactive ketones (excluding diaryl/α,β-unsaturated/α-hetero) is 1. The summed E-state index contributed by atoms with van der Waals surface area (Å²) >= 11 is 1.48. The van der Waals surface area contributed by atoms with Gasteiger partial charge in [0, 0.05) is 12.0 Å². The highest BCUT2D eigenvalue weighted by molar-refractivity contribution is 7.21. The molecule has 3 nitrogen and oxygen atoms in total. The van der Waals surface area contributed by atoms with E-state index >= 15 is 0 Å². The van der Waals surface area contributed by atoms with Gasteiger partial charge in [0.2, 0.25) is 0 Å². The van der Waals surface area contributed by atoms with Gasteiger partial charge in [-0.3, -0.25) is 9.59 Å². The smallest absolute Gasteiger partial charge is 0.194 e. The topological polar surface area (TPSA) is 47.0 Å². The van der Waals surface area contributed by atoms with E-state index in [2.05, 4.69) is 4.98 Å². The van der Waals surface area contributed by atoms with Gasteiger partial charge in [-0.25, -0.2) is 4.98 Å². The minimum atomic E-state index is -0.153. The molecule has 3 rings (SSSR count). The van der Waals surface area contributed by atoms with Crippen LogP contribution in [0.5, 0.6) is 0 Å². The molecule has 0 saturated heterocycles. The largest absolute Gasteiger partial charge is 0.294 e. The molecule has 0 unspecified atom stereocenters. The predicted molar refractivity (Wildman–Crippen MR) is 86.6 cm³/mol. The van der Waals surface area contributed by atoms with Gasteiger partial charge < -0.3 is 0 Å². The van der Waals surface area contributed by atoms with Crippen molar-refractivity contribution in [2.24, 2.45) is 0 Å². The molecule has 1 heterocycles. The number of rotatable bonds is 2. The van der Waals surface area contributed by atoms with Gasteiger partial charge in [-0.15, -0.1) is 11.3 Å². The van der Waals surface area contributed by atoms with E-state index in [1.165, 1.54) is 11.3 Å². The number of benzene rings is 2. The molecule has 4 heteroatoms. The Morgan fingerprint density at radius 2 is 1.90 bits per heavy atom. The van der Waals surface area contributed by atoms with Crippen LogP contribution in [0.2, 0.25) is 0 Å². The van der Waals surface area contributed by atoms with Gasteiger partial charge in [-0.1, -0.05) is 19.1 Å². The summed E-state index contributed by atoms with van der Waals surface area (Å²) in [5, 5.41) is 0. The third-order valence-electron chi connectivity index (χ3n) is 3.84. The molecule has 0 saturated carbocycles. The van der Waals surface area contributed by atoms with Crippen molar-refractivity contribution >= 4 is 27.3 Å². The molecule has 1 aromatic rings. The van der Waals surface area contributed by atoms with Crippen molar-refractivity contribution in [2.45, 2.75) is 27.2 Å². The summed E-state index contributed by atoms with van der Waals surface area (Å²) in [5.41, 5.74) is 3.30. The number of carbonyl (C=O) groups is 1. The molecule has 1 aliphatic carbocycles. The van der Waals surface area contributed by atoms with E-state index in [0.29, 0.717) is 22.4 Å². The maximum atomic E-state index is 12.5. The van der Waals surface area contributed by atoms with Gasteiger partial charge in [0.1, 0.15) is 0 Å². The van der Waals surface area contributed by atoms with E-state index in [4.69, 9.17) is 0 Å². The van der Waals surface area contributed by atoms with E-state index in [0.717, 1.165) is 21.5 Å². The molecule has 1 aliphatic heterocycles. The van der Waals surface area contributed by atoms with E-state index in [1.807, 2.05) is 31.2 Å². The Morgan fingerprint density at radius 3 is 2.62 bits per heavy atom. The lowest BCUT2D eigenvalue weighted by atomic mass is 9.96. The number of nitrogens with zero attached hydrogens (tertiary/aromatic N) is 1. The van der Waals surface area contributed by atoms with E-state index in [1.54, 1.807) is 13.8 Å². The highest BCUT2D eigenvalue weighted by Crippen LogP contribution is 2.35. The van der Waals surface area contributed by atoms with Gasteiger partial charge in [0.05, 0.1) is 26.4 Å². The summed E-state index contributed by atoms with van der Waals surface area (Å²) in [6, 6.07) is 7.79. The molecular formula is C17H15NO2S. The van der Waals surface area contributed by atoms with E-state index < -0.39 is 0 Å². The molecule has 0 N–H and O–H groups in total. The summed E-state index contributed by atoms with van der Waals surface area (Å²) in [6.45, 7) is 5.45. The Morgan fingerprint density at radius 1 is 1.19 bits per heavy atom. The monoisotopic (exact) mass is 297 g/mol. The molecule has 0 bridgehead atoms. The molecule has 0 atom stereocenters. The number of ketones is 1. The van der Waals surface area contributed by atoms with Gasteiger partial charge >= 0.3 is 0 Å². The summed E-state index contributed by atoms with van der Waals surface area (Å²) in [6.07, 6.45) is 0.326. The molecule has 106 valence electrons. The molecule has 1 aromatic carbocycles. The minimum Gasteiger partial charge on any atom is -0.294 e. The Hall–Kier alpha value is -2.07. The Kier molecular flexibility index (Phi) is 3.33. The van der Waals surface area contributed by atoms with Crippen LogP contribution >= 0.6 is 11.3 Å². The minimum absolute atomic E-state index is 0.110. The second-order valence-corrected chi connectivity index (χ2v) is 6.14. The lowest BCUT2D eigenvalue weighted by Crippen LogP contribution is -2.20. The zero-order valence-electron chi connectivity index (χ0n) is 12.2. The molecule has 21 heavy (non-hydrogen) atoms. The number of hydrogen-bond donors (Lipinski definition) is 0. The zero-order chi connectivity index (χ0) is 15.1. The Bertz CT molecular complexity index is 895. The number of para-hydroxylation sites is 1. The van der Waals surface area contributed by atoms with Crippen LogP contribution in [0.3, 0.4) is 0 Å². The fourth-order valence-corrected chi connectivity index (χ4v) is 3.65. The highest BCUT2D eigenvalue weighted by atomic mass is 32.1. The second kappa shape index (κ2) is 5.04. The first-order valence-corrected chi connectivity index (χ1v) is 7.72. The third-order valence-corrected chi connectivity index (χ3v) is 5.00. The SMILES string of the molecule is CCC(=O)c1c2sc3ccccc3nc-2c(C)c(C)c1=O. The average Bonchev–Trinajstić information content (AvgIpc) is 2.51. The molecule has 0 radical (unpaired) electrons. The zero-order valence-corrected chi connectivity index (χ0v) is 13.0. The lowest BCUT2D eigenvalue weighted by molar-refractivity contribution is 0.0988. The maximum Gasteiger partial charge on any atom is 0.194 e. The van der Waals surface area contributed by atoms with Crippen molar-refractivity contribution < 1.29 is 4.79 Å². The van der Waals surface area contributed by atoms with Gasteiger partial charge in [-0.05, 0) is 31.5 Å².